The highest BCUT2D eigenvalue weighted by atomic mass is 35.5. The van der Waals surface area contributed by atoms with Crippen molar-refractivity contribution in [1.82, 2.24) is 24.5 Å². The van der Waals surface area contributed by atoms with E-state index in [1.165, 1.54) is 0 Å². The molecule has 0 amide bonds. The Labute approximate surface area is 133 Å². The summed E-state index contributed by atoms with van der Waals surface area (Å²) in [6.07, 6.45) is 0. The fraction of sp³-hybridized carbons (Fsp3) is 0.400. The molecule has 0 spiro atoms. The summed E-state index contributed by atoms with van der Waals surface area (Å²) in [5, 5.41) is 6.15. The highest BCUT2D eigenvalue weighted by Crippen LogP contribution is 2.25. The van der Waals surface area contributed by atoms with Crippen molar-refractivity contribution in [3.8, 4) is 0 Å². The van der Waals surface area contributed by atoms with E-state index < -0.39 is 0 Å². The van der Waals surface area contributed by atoms with E-state index in [1.807, 2.05) is 29.6 Å². The molecule has 7 heteroatoms. The Hall–Kier alpha value is -1.92. The van der Waals surface area contributed by atoms with Gasteiger partial charge in [0.1, 0.15) is 5.82 Å². The third kappa shape index (κ3) is 2.19. The van der Waals surface area contributed by atoms with E-state index in [2.05, 4.69) is 26.9 Å². The highest BCUT2D eigenvalue weighted by molar-refractivity contribution is 6.31. The fourth-order valence-corrected chi connectivity index (χ4v) is 3.05. The smallest absolute Gasteiger partial charge is 0.229 e. The fourth-order valence-electron chi connectivity index (χ4n) is 2.88. The maximum Gasteiger partial charge on any atom is 0.229 e. The normalized spacial score (nSPS) is 16.8. The molecule has 3 heterocycles. The van der Waals surface area contributed by atoms with Crippen molar-refractivity contribution in [2.45, 2.75) is 6.92 Å². The third-order valence-electron chi connectivity index (χ3n) is 4.11. The number of anilines is 1. The quantitative estimate of drug-likeness (QED) is 0.687. The topological polar surface area (TPSA) is 49.6 Å². The zero-order chi connectivity index (χ0) is 15.3. The number of likely N-dealkylation sites (N-methyl/N-ethyl adjacent to an activating group) is 1. The predicted octanol–water partition coefficient (Wildman–Crippen LogP) is 1.99. The SMILES string of the molecule is Cc1nc2c3cc(Cl)ccc3nc(N3CCN(C)CC3)n2n1. The first kappa shape index (κ1) is 13.7. The largest absolute Gasteiger partial charge is 0.338 e. The molecule has 1 fully saturated rings. The van der Waals surface area contributed by atoms with Gasteiger partial charge >= 0.3 is 0 Å². The zero-order valence-corrected chi connectivity index (χ0v) is 13.4. The molecule has 0 bridgehead atoms. The number of halogens is 1. The molecule has 0 atom stereocenters. The first-order valence-corrected chi connectivity index (χ1v) is 7.76. The number of aryl methyl sites for hydroxylation is 1. The van der Waals surface area contributed by atoms with Crippen LogP contribution in [0.15, 0.2) is 18.2 Å². The molecule has 0 radical (unpaired) electrons. The summed E-state index contributed by atoms with van der Waals surface area (Å²) in [6, 6.07) is 5.72. The summed E-state index contributed by atoms with van der Waals surface area (Å²) >= 11 is 6.13. The van der Waals surface area contributed by atoms with Gasteiger partial charge < -0.3 is 9.80 Å². The van der Waals surface area contributed by atoms with Gasteiger partial charge in [0, 0.05) is 36.6 Å². The minimum Gasteiger partial charge on any atom is -0.338 e. The number of hydrogen-bond acceptors (Lipinski definition) is 5. The average molecular weight is 317 g/mol. The molecule has 0 N–H and O–H groups in total. The van der Waals surface area contributed by atoms with Crippen LogP contribution < -0.4 is 4.90 Å². The molecule has 114 valence electrons. The molecule has 1 saturated heterocycles. The van der Waals surface area contributed by atoms with Gasteiger partial charge in [0.25, 0.3) is 0 Å². The number of piperazine rings is 1. The number of fused-ring (bicyclic) bond motifs is 3. The van der Waals surface area contributed by atoms with E-state index >= 15 is 0 Å². The lowest BCUT2D eigenvalue weighted by molar-refractivity contribution is 0.310. The van der Waals surface area contributed by atoms with Gasteiger partial charge in [-0.15, -0.1) is 5.10 Å². The zero-order valence-electron chi connectivity index (χ0n) is 12.6. The van der Waals surface area contributed by atoms with Gasteiger partial charge in [0.05, 0.1) is 5.52 Å². The number of rotatable bonds is 1. The number of aromatic nitrogens is 4. The van der Waals surface area contributed by atoms with Crippen LogP contribution in [-0.2, 0) is 0 Å². The summed E-state index contributed by atoms with van der Waals surface area (Å²) < 4.78 is 1.85. The molecular weight excluding hydrogens is 300 g/mol. The van der Waals surface area contributed by atoms with E-state index in [1.54, 1.807) is 0 Å². The van der Waals surface area contributed by atoms with E-state index in [0.717, 1.165) is 54.5 Å². The molecule has 1 aliphatic heterocycles. The molecule has 3 aromatic rings. The van der Waals surface area contributed by atoms with Gasteiger partial charge in [-0.25, -0.2) is 9.97 Å². The summed E-state index contributed by atoms with van der Waals surface area (Å²) in [4.78, 5) is 14.0. The van der Waals surface area contributed by atoms with Crippen LogP contribution >= 0.6 is 11.6 Å². The van der Waals surface area contributed by atoms with Crippen LogP contribution in [0.2, 0.25) is 5.02 Å². The maximum absolute atomic E-state index is 6.13. The van der Waals surface area contributed by atoms with Gasteiger partial charge in [-0.3, -0.25) is 0 Å². The monoisotopic (exact) mass is 316 g/mol. The second-order valence-electron chi connectivity index (χ2n) is 5.76. The van der Waals surface area contributed by atoms with E-state index in [-0.39, 0.29) is 0 Å². The van der Waals surface area contributed by atoms with E-state index in [0.29, 0.717) is 5.02 Å². The molecule has 1 aliphatic rings. The maximum atomic E-state index is 6.13. The molecule has 6 nitrogen and oxygen atoms in total. The third-order valence-corrected chi connectivity index (χ3v) is 4.34. The minimum atomic E-state index is 0.684. The van der Waals surface area contributed by atoms with Crippen LogP contribution in [0.4, 0.5) is 5.95 Å². The van der Waals surface area contributed by atoms with Gasteiger partial charge in [-0.05, 0) is 32.2 Å². The van der Waals surface area contributed by atoms with E-state index in [9.17, 15) is 0 Å². The van der Waals surface area contributed by atoms with Crippen molar-refractivity contribution in [1.29, 1.82) is 0 Å². The summed E-state index contributed by atoms with van der Waals surface area (Å²) in [7, 11) is 2.14. The Kier molecular flexibility index (Phi) is 3.16. The van der Waals surface area contributed by atoms with Gasteiger partial charge in [-0.2, -0.15) is 4.52 Å². The van der Waals surface area contributed by atoms with Crippen LogP contribution in [0, 0.1) is 6.92 Å². The first-order chi connectivity index (χ1) is 10.6. The Morgan fingerprint density at radius 2 is 1.86 bits per heavy atom. The van der Waals surface area contributed by atoms with Crippen LogP contribution in [0.3, 0.4) is 0 Å². The number of benzene rings is 1. The lowest BCUT2D eigenvalue weighted by Crippen LogP contribution is -2.45. The first-order valence-electron chi connectivity index (χ1n) is 7.38. The predicted molar refractivity (Wildman–Crippen MR) is 87.7 cm³/mol. The molecular formula is C15H17ClN6. The van der Waals surface area contributed by atoms with Gasteiger partial charge in [-0.1, -0.05) is 11.6 Å². The summed E-state index contributed by atoms with van der Waals surface area (Å²) in [5.41, 5.74) is 1.72. The molecule has 0 aliphatic carbocycles. The van der Waals surface area contributed by atoms with Crippen molar-refractivity contribution in [3.05, 3.63) is 29.0 Å². The highest BCUT2D eigenvalue weighted by Gasteiger charge is 2.20. The van der Waals surface area contributed by atoms with E-state index in [4.69, 9.17) is 16.6 Å². The Balaban J connectivity index is 1.94. The Bertz CT molecular complexity index is 850. The van der Waals surface area contributed by atoms with Crippen LogP contribution in [0.5, 0.6) is 0 Å². The molecule has 0 unspecified atom stereocenters. The summed E-state index contributed by atoms with van der Waals surface area (Å²) in [6.45, 7) is 5.83. The average Bonchev–Trinajstić information content (AvgIpc) is 2.89. The summed E-state index contributed by atoms with van der Waals surface area (Å²) in [5.74, 6) is 1.60. The standard InChI is InChI=1S/C15H17ClN6/c1-10-17-14-12-9-11(16)3-4-13(12)18-15(22(14)19-10)21-7-5-20(2)6-8-21/h3-4,9H,5-8H2,1-2H3. The molecule has 2 aromatic heterocycles. The second kappa shape index (κ2) is 5.07. The van der Waals surface area contributed by atoms with Gasteiger partial charge in [0.15, 0.2) is 5.65 Å². The minimum absolute atomic E-state index is 0.684. The lowest BCUT2D eigenvalue weighted by atomic mass is 10.2. The second-order valence-corrected chi connectivity index (χ2v) is 6.19. The van der Waals surface area contributed by atoms with Crippen molar-refractivity contribution >= 4 is 34.1 Å². The Morgan fingerprint density at radius 3 is 2.64 bits per heavy atom. The van der Waals surface area contributed by atoms with Gasteiger partial charge in [0.2, 0.25) is 5.95 Å². The van der Waals surface area contributed by atoms with Crippen LogP contribution in [0.1, 0.15) is 5.82 Å². The van der Waals surface area contributed by atoms with Crippen molar-refractivity contribution < 1.29 is 0 Å². The molecule has 22 heavy (non-hydrogen) atoms. The molecule has 1 aromatic carbocycles. The lowest BCUT2D eigenvalue weighted by Gasteiger charge is -2.33. The van der Waals surface area contributed by atoms with Crippen LogP contribution in [-0.4, -0.2) is 57.7 Å². The Morgan fingerprint density at radius 1 is 1.09 bits per heavy atom. The molecule has 4 rings (SSSR count). The van der Waals surface area contributed by atoms with Crippen LogP contribution in [0.25, 0.3) is 16.6 Å². The van der Waals surface area contributed by atoms with Crippen molar-refractivity contribution in [2.75, 3.05) is 38.1 Å². The van der Waals surface area contributed by atoms with Crippen molar-refractivity contribution in [3.63, 3.8) is 0 Å². The molecule has 0 saturated carbocycles. The van der Waals surface area contributed by atoms with Crippen molar-refractivity contribution in [2.24, 2.45) is 0 Å². The number of hydrogen-bond donors (Lipinski definition) is 0. The number of nitrogens with zero attached hydrogens (tertiary/aromatic N) is 6.